The molecule has 37 heavy (non-hydrogen) atoms. The molecule has 5 rings (SSSR count). The second kappa shape index (κ2) is 11.2. The molecule has 0 saturated carbocycles. The predicted molar refractivity (Wildman–Crippen MR) is 147 cm³/mol. The second-order valence-electron chi connectivity index (χ2n) is 9.11. The van der Waals surface area contributed by atoms with E-state index in [-0.39, 0.29) is 23.4 Å². The highest BCUT2D eigenvalue weighted by molar-refractivity contribution is 5.93. The van der Waals surface area contributed by atoms with Gasteiger partial charge in [-0.1, -0.05) is 54.6 Å². The van der Waals surface area contributed by atoms with Crippen LogP contribution >= 0.6 is 12.4 Å². The molecule has 6 nitrogen and oxygen atoms in total. The van der Waals surface area contributed by atoms with Crippen LogP contribution in [0.25, 0.3) is 22.0 Å². The molecule has 4 aromatic rings. The van der Waals surface area contributed by atoms with Gasteiger partial charge in [-0.05, 0) is 35.7 Å². The Morgan fingerprint density at radius 1 is 0.946 bits per heavy atom. The number of anilines is 1. The molecule has 0 amide bonds. The van der Waals surface area contributed by atoms with Crippen molar-refractivity contribution in [1.82, 2.24) is 9.47 Å². The van der Waals surface area contributed by atoms with Crippen molar-refractivity contribution in [2.75, 3.05) is 31.1 Å². The monoisotopic (exact) mass is 521 g/mol. The maximum Gasteiger partial charge on any atom is 0.341 e. The minimum Gasteiger partial charge on any atom is -0.477 e. The van der Waals surface area contributed by atoms with Gasteiger partial charge < -0.3 is 14.6 Å². The number of nitrogens with zero attached hydrogens (tertiary/aromatic N) is 3. The van der Waals surface area contributed by atoms with Gasteiger partial charge in [-0.3, -0.25) is 9.69 Å². The molecule has 0 radical (unpaired) electrons. The standard InChI is InChI=1S/C29H28FN3O3.ClH/c1-2-32-19-24(29(35)36)28(34)23-16-25(30)27(17-26(23)32)33-14-12-31(13-15-33)18-20-8-10-22(11-9-20)21-6-4-3-5-7-21;/h3-11,16-17,19H,2,12-15,18H2,1H3,(H,35,36);1H. The first-order valence-corrected chi connectivity index (χ1v) is 12.2. The van der Waals surface area contributed by atoms with Gasteiger partial charge in [-0.2, -0.15) is 0 Å². The number of carboxylic acid groups (broad SMARTS) is 1. The van der Waals surface area contributed by atoms with Gasteiger partial charge in [-0.25, -0.2) is 9.18 Å². The van der Waals surface area contributed by atoms with Gasteiger partial charge in [0.1, 0.15) is 11.4 Å². The molecular formula is C29H29ClFN3O3. The highest BCUT2D eigenvalue weighted by atomic mass is 35.5. The number of carbonyl (C=O) groups is 1. The Morgan fingerprint density at radius 3 is 2.22 bits per heavy atom. The maximum atomic E-state index is 15.1. The zero-order valence-electron chi connectivity index (χ0n) is 20.6. The van der Waals surface area contributed by atoms with Gasteiger partial charge in [0.05, 0.1) is 11.2 Å². The normalized spacial score (nSPS) is 13.9. The SMILES string of the molecule is CCn1cc(C(=O)O)c(=O)c2cc(F)c(N3CCN(Cc4ccc(-c5ccccc5)cc4)CC3)cc21.Cl. The van der Waals surface area contributed by atoms with E-state index in [1.165, 1.54) is 29.0 Å². The highest BCUT2D eigenvalue weighted by Gasteiger charge is 2.22. The van der Waals surface area contributed by atoms with E-state index in [1.54, 1.807) is 10.6 Å². The van der Waals surface area contributed by atoms with Gasteiger partial charge in [0.25, 0.3) is 0 Å². The van der Waals surface area contributed by atoms with E-state index in [0.29, 0.717) is 30.8 Å². The van der Waals surface area contributed by atoms with Crippen molar-refractivity contribution in [3.05, 3.63) is 100 Å². The lowest BCUT2D eigenvalue weighted by Gasteiger charge is -2.36. The number of hydrogen-bond donors (Lipinski definition) is 1. The first-order valence-electron chi connectivity index (χ1n) is 12.2. The molecule has 8 heteroatoms. The Bertz CT molecular complexity index is 1460. The lowest BCUT2D eigenvalue weighted by molar-refractivity contribution is 0.0695. The first-order chi connectivity index (χ1) is 17.4. The Labute approximate surface area is 221 Å². The average molecular weight is 522 g/mol. The fraction of sp³-hybridized carbons (Fsp3) is 0.241. The van der Waals surface area contributed by atoms with Gasteiger partial charge in [0, 0.05) is 50.9 Å². The van der Waals surface area contributed by atoms with E-state index < -0.39 is 17.2 Å². The lowest BCUT2D eigenvalue weighted by Crippen LogP contribution is -2.46. The van der Waals surface area contributed by atoms with Crippen LogP contribution in [0.5, 0.6) is 0 Å². The summed E-state index contributed by atoms with van der Waals surface area (Å²) in [5.74, 6) is -1.81. The summed E-state index contributed by atoms with van der Waals surface area (Å²) in [4.78, 5) is 28.4. The summed E-state index contributed by atoms with van der Waals surface area (Å²) < 4.78 is 16.8. The Balaban J connectivity index is 0.00000320. The number of pyridine rings is 1. The number of fused-ring (bicyclic) bond motifs is 1. The molecular weight excluding hydrogens is 493 g/mol. The van der Waals surface area contributed by atoms with Crippen molar-refractivity contribution in [3.8, 4) is 11.1 Å². The van der Waals surface area contributed by atoms with Crippen molar-refractivity contribution >= 4 is 35.0 Å². The quantitative estimate of drug-likeness (QED) is 0.374. The van der Waals surface area contributed by atoms with Crippen LogP contribution in [0.4, 0.5) is 10.1 Å². The van der Waals surface area contributed by atoms with Crippen LogP contribution in [0.3, 0.4) is 0 Å². The third kappa shape index (κ3) is 5.38. The van der Waals surface area contributed by atoms with E-state index in [0.717, 1.165) is 19.6 Å². The van der Waals surface area contributed by atoms with Gasteiger partial charge in [-0.15, -0.1) is 12.4 Å². The summed E-state index contributed by atoms with van der Waals surface area (Å²) in [6.45, 7) is 6.06. The third-order valence-corrected chi connectivity index (χ3v) is 6.90. The van der Waals surface area contributed by atoms with Crippen LogP contribution < -0.4 is 10.3 Å². The van der Waals surface area contributed by atoms with Crippen LogP contribution in [-0.4, -0.2) is 46.7 Å². The number of carboxylic acids is 1. The summed E-state index contributed by atoms with van der Waals surface area (Å²) in [6, 6.07) is 21.8. The van der Waals surface area contributed by atoms with Crippen molar-refractivity contribution in [2.45, 2.75) is 20.0 Å². The number of aryl methyl sites for hydroxylation is 1. The van der Waals surface area contributed by atoms with E-state index in [9.17, 15) is 14.7 Å². The molecule has 1 aromatic heterocycles. The fourth-order valence-electron chi connectivity index (χ4n) is 4.89. The topological polar surface area (TPSA) is 65.8 Å². The molecule has 1 N–H and O–H groups in total. The highest BCUT2D eigenvalue weighted by Crippen LogP contribution is 2.27. The van der Waals surface area contributed by atoms with Crippen molar-refractivity contribution in [3.63, 3.8) is 0 Å². The number of aromatic nitrogens is 1. The molecule has 192 valence electrons. The van der Waals surface area contributed by atoms with E-state index in [2.05, 4.69) is 41.3 Å². The van der Waals surface area contributed by atoms with Gasteiger partial charge in [0.15, 0.2) is 0 Å². The Morgan fingerprint density at radius 2 is 1.59 bits per heavy atom. The van der Waals surface area contributed by atoms with Gasteiger partial charge >= 0.3 is 5.97 Å². The molecule has 1 aliphatic heterocycles. The molecule has 0 aliphatic carbocycles. The number of piperazine rings is 1. The number of aromatic carboxylic acids is 1. The van der Waals surface area contributed by atoms with E-state index >= 15 is 4.39 Å². The Hall–Kier alpha value is -3.68. The minimum atomic E-state index is -1.31. The van der Waals surface area contributed by atoms with Crippen molar-refractivity contribution in [1.29, 1.82) is 0 Å². The van der Waals surface area contributed by atoms with E-state index in [1.807, 2.05) is 30.0 Å². The first kappa shape index (κ1) is 26.4. The maximum absolute atomic E-state index is 15.1. The third-order valence-electron chi connectivity index (χ3n) is 6.90. The van der Waals surface area contributed by atoms with Crippen LogP contribution in [0, 0.1) is 5.82 Å². The summed E-state index contributed by atoms with van der Waals surface area (Å²) in [5.41, 5.74) is 3.61. The van der Waals surface area contributed by atoms with Crippen LogP contribution in [0.15, 0.2) is 77.7 Å². The number of halogens is 2. The smallest absolute Gasteiger partial charge is 0.341 e. The van der Waals surface area contributed by atoms with Crippen molar-refractivity contribution < 1.29 is 14.3 Å². The molecule has 1 fully saturated rings. The molecule has 2 heterocycles. The number of hydrogen-bond acceptors (Lipinski definition) is 4. The summed E-state index contributed by atoms with van der Waals surface area (Å²) in [6.07, 6.45) is 1.34. The molecule has 0 unspecified atom stereocenters. The second-order valence-corrected chi connectivity index (χ2v) is 9.11. The minimum absolute atomic E-state index is 0. The fourth-order valence-corrected chi connectivity index (χ4v) is 4.89. The molecule has 1 saturated heterocycles. The van der Waals surface area contributed by atoms with Crippen LogP contribution in [-0.2, 0) is 13.1 Å². The van der Waals surface area contributed by atoms with Gasteiger partial charge in [0.2, 0.25) is 5.43 Å². The summed E-state index contributed by atoms with van der Waals surface area (Å²) >= 11 is 0. The van der Waals surface area contributed by atoms with Crippen molar-refractivity contribution in [2.24, 2.45) is 0 Å². The largest absolute Gasteiger partial charge is 0.477 e. The van der Waals surface area contributed by atoms with Crippen LogP contribution in [0.1, 0.15) is 22.8 Å². The number of rotatable bonds is 6. The molecule has 3 aromatic carbocycles. The van der Waals surface area contributed by atoms with E-state index in [4.69, 9.17) is 0 Å². The molecule has 0 spiro atoms. The van der Waals surface area contributed by atoms with Crippen LogP contribution in [0.2, 0.25) is 0 Å². The molecule has 1 aliphatic rings. The Kier molecular flexibility index (Phi) is 7.95. The zero-order chi connectivity index (χ0) is 25.2. The average Bonchev–Trinajstić information content (AvgIpc) is 2.90. The summed E-state index contributed by atoms with van der Waals surface area (Å²) in [7, 11) is 0. The molecule has 0 bridgehead atoms. The predicted octanol–water partition coefficient (Wildman–Crippen LogP) is 5.27. The lowest BCUT2D eigenvalue weighted by atomic mass is 10.0. The molecule has 0 atom stereocenters. The number of benzene rings is 3. The zero-order valence-corrected chi connectivity index (χ0v) is 21.4. The summed E-state index contributed by atoms with van der Waals surface area (Å²) in [5, 5.41) is 9.44.